The number of aromatic nitrogens is 1. The molecule has 0 atom stereocenters. The van der Waals surface area contributed by atoms with Gasteiger partial charge in [-0.25, -0.2) is 21.2 Å². The molecule has 0 fully saturated rings. The molecular weight excluding hydrogens is 470 g/mol. The average molecular weight is 483 g/mol. The highest BCUT2D eigenvalue weighted by molar-refractivity contribution is 7.90. The molecular formula is C23H12F2N2O2S3. The molecule has 0 saturated heterocycles. The standard InChI is InChI=1S/C23H12F2N2O2S3/c24-14-7-8-21(17(25)12-14)32(28,29)27-18-5-2-1-4-15(18)22(16-9-11-31-20(16)13-26)23(27)19-6-3-10-30-19/h1-12H. The van der Waals surface area contributed by atoms with Gasteiger partial charge in [0.25, 0.3) is 10.0 Å². The maximum absolute atomic E-state index is 14.6. The Morgan fingerprint density at radius 2 is 1.75 bits per heavy atom. The number of benzene rings is 2. The summed E-state index contributed by atoms with van der Waals surface area (Å²) in [6.45, 7) is 0. The van der Waals surface area contributed by atoms with Crippen LogP contribution < -0.4 is 0 Å². The zero-order chi connectivity index (χ0) is 22.5. The lowest BCUT2D eigenvalue weighted by atomic mass is 10.0. The summed E-state index contributed by atoms with van der Waals surface area (Å²) in [5, 5.41) is 13.8. The Morgan fingerprint density at radius 3 is 2.47 bits per heavy atom. The Hall–Kier alpha value is -3.32. The molecule has 3 aromatic heterocycles. The minimum Gasteiger partial charge on any atom is -0.232 e. The van der Waals surface area contributed by atoms with Gasteiger partial charge in [-0.1, -0.05) is 24.3 Å². The molecule has 4 nitrogen and oxygen atoms in total. The van der Waals surface area contributed by atoms with Gasteiger partial charge in [0.1, 0.15) is 27.5 Å². The van der Waals surface area contributed by atoms with Crippen LogP contribution in [0.15, 0.2) is 76.3 Å². The molecule has 158 valence electrons. The van der Waals surface area contributed by atoms with Gasteiger partial charge < -0.3 is 0 Å². The number of thiophene rings is 2. The van der Waals surface area contributed by atoms with E-state index in [2.05, 4.69) is 6.07 Å². The van der Waals surface area contributed by atoms with Crippen molar-refractivity contribution in [1.82, 2.24) is 3.97 Å². The number of para-hydroxylation sites is 1. The summed E-state index contributed by atoms with van der Waals surface area (Å²) in [5.41, 5.74) is 1.85. The molecule has 9 heteroatoms. The maximum Gasteiger partial charge on any atom is 0.271 e. The van der Waals surface area contributed by atoms with Gasteiger partial charge in [0.2, 0.25) is 0 Å². The smallest absolute Gasteiger partial charge is 0.232 e. The Morgan fingerprint density at radius 1 is 0.938 bits per heavy atom. The summed E-state index contributed by atoms with van der Waals surface area (Å²) in [4.78, 5) is 0.447. The third kappa shape index (κ3) is 3.07. The van der Waals surface area contributed by atoms with Crippen LogP contribution in [0.1, 0.15) is 4.88 Å². The lowest BCUT2D eigenvalue weighted by Crippen LogP contribution is -2.15. The summed E-state index contributed by atoms with van der Waals surface area (Å²) in [5.74, 6) is -2.04. The Kier molecular flexibility index (Phi) is 4.93. The lowest BCUT2D eigenvalue weighted by Gasteiger charge is -2.13. The van der Waals surface area contributed by atoms with Crippen LogP contribution in [0.5, 0.6) is 0 Å². The van der Waals surface area contributed by atoms with Crippen molar-refractivity contribution < 1.29 is 17.2 Å². The fraction of sp³-hybridized carbons (Fsp3) is 0. The number of halogens is 2. The zero-order valence-corrected chi connectivity index (χ0v) is 18.6. The van der Waals surface area contributed by atoms with Gasteiger partial charge in [-0.3, -0.25) is 0 Å². The summed E-state index contributed by atoms with van der Waals surface area (Å²) in [6, 6.07) is 16.8. The highest BCUT2D eigenvalue weighted by Crippen LogP contribution is 2.46. The van der Waals surface area contributed by atoms with E-state index < -0.39 is 26.6 Å². The average Bonchev–Trinajstić information content (AvgIpc) is 3.50. The number of fused-ring (bicyclic) bond motifs is 1. The number of nitriles is 1. The van der Waals surface area contributed by atoms with Crippen LogP contribution in [0.2, 0.25) is 0 Å². The summed E-state index contributed by atoms with van der Waals surface area (Å²) in [6.07, 6.45) is 0. The van der Waals surface area contributed by atoms with Crippen LogP contribution in [-0.2, 0) is 10.0 Å². The molecule has 0 aliphatic carbocycles. The van der Waals surface area contributed by atoms with Crippen LogP contribution in [0, 0.1) is 23.0 Å². The second kappa shape index (κ2) is 7.67. The van der Waals surface area contributed by atoms with E-state index in [1.165, 1.54) is 22.7 Å². The quantitative estimate of drug-likeness (QED) is 0.294. The topological polar surface area (TPSA) is 62.9 Å². The maximum atomic E-state index is 14.6. The van der Waals surface area contributed by atoms with E-state index in [-0.39, 0.29) is 0 Å². The van der Waals surface area contributed by atoms with Crippen molar-refractivity contribution in [3.8, 4) is 27.8 Å². The molecule has 0 unspecified atom stereocenters. The van der Waals surface area contributed by atoms with E-state index in [4.69, 9.17) is 0 Å². The van der Waals surface area contributed by atoms with Gasteiger partial charge >= 0.3 is 0 Å². The van der Waals surface area contributed by atoms with E-state index in [0.29, 0.717) is 43.5 Å². The normalized spacial score (nSPS) is 11.7. The molecule has 0 amide bonds. The van der Waals surface area contributed by atoms with Crippen molar-refractivity contribution in [2.24, 2.45) is 0 Å². The first kappa shape index (κ1) is 20.6. The summed E-state index contributed by atoms with van der Waals surface area (Å²) < 4.78 is 56.8. The van der Waals surface area contributed by atoms with Crippen LogP contribution in [0.4, 0.5) is 8.78 Å². The fourth-order valence-electron chi connectivity index (χ4n) is 3.75. The SMILES string of the molecule is N#Cc1sccc1-c1c(-c2cccs2)n(S(=O)(=O)c2ccc(F)cc2F)c2ccccc12. The first-order valence-electron chi connectivity index (χ1n) is 9.29. The van der Waals surface area contributed by atoms with E-state index in [9.17, 15) is 22.5 Å². The second-order valence-electron chi connectivity index (χ2n) is 6.84. The van der Waals surface area contributed by atoms with E-state index in [0.717, 1.165) is 16.1 Å². The summed E-state index contributed by atoms with van der Waals surface area (Å²) in [7, 11) is -4.46. The molecule has 2 aromatic carbocycles. The van der Waals surface area contributed by atoms with Gasteiger partial charge in [0.05, 0.1) is 16.1 Å². The molecule has 0 spiro atoms. The van der Waals surface area contributed by atoms with E-state index >= 15 is 0 Å². The monoisotopic (exact) mass is 482 g/mol. The summed E-state index contributed by atoms with van der Waals surface area (Å²) >= 11 is 2.59. The third-order valence-corrected chi connectivity index (χ3v) is 8.48. The first-order chi connectivity index (χ1) is 15.4. The Labute approximate surface area is 190 Å². The molecule has 32 heavy (non-hydrogen) atoms. The molecule has 0 aliphatic heterocycles. The minimum atomic E-state index is -4.46. The molecule has 0 saturated carbocycles. The van der Waals surface area contributed by atoms with Crippen molar-refractivity contribution >= 4 is 43.6 Å². The Balaban J connectivity index is 1.97. The predicted octanol–water partition coefficient (Wildman–Crippen LogP) is 6.49. The molecule has 0 N–H and O–H groups in total. The van der Waals surface area contributed by atoms with Crippen molar-refractivity contribution in [2.75, 3.05) is 0 Å². The molecule has 0 aliphatic rings. The third-order valence-electron chi connectivity index (χ3n) is 5.03. The van der Waals surface area contributed by atoms with Crippen LogP contribution in [-0.4, -0.2) is 12.4 Å². The largest absolute Gasteiger partial charge is 0.271 e. The zero-order valence-electron chi connectivity index (χ0n) is 16.1. The Bertz CT molecular complexity index is 1630. The van der Waals surface area contributed by atoms with Gasteiger partial charge in [0.15, 0.2) is 0 Å². The van der Waals surface area contributed by atoms with Crippen LogP contribution >= 0.6 is 22.7 Å². The fourth-order valence-corrected chi connectivity index (χ4v) is 6.85. The van der Waals surface area contributed by atoms with Crippen LogP contribution in [0.25, 0.3) is 32.6 Å². The number of nitrogens with zero attached hydrogens (tertiary/aromatic N) is 2. The van der Waals surface area contributed by atoms with Crippen molar-refractivity contribution in [3.63, 3.8) is 0 Å². The first-order valence-corrected chi connectivity index (χ1v) is 12.5. The number of hydrogen-bond acceptors (Lipinski definition) is 5. The van der Waals surface area contributed by atoms with Crippen molar-refractivity contribution in [3.05, 3.63) is 87.9 Å². The molecule has 5 rings (SSSR count). The van der Waals surface area contributed by atoms with Gasteiger partial charge in [0, 0.05) is 22.6 Å². The second-order valence-corrected chi connectivity index (χ2v) is 10.5. The van der Waals surface area contributed by atoms with Gasteiger partial charge in [-0.15, -0.1) is 22.7 Å². The highest BCUT2D eigenvalue weighted by Gasteiger charge is 2.31. The van der Waals surface area contributed by atoms with Gasteiger partial charge in [-0.2, -0.15) is 5.26 Å². The molecule has 3 heterocycles. The van der Waals surface area contributed by atoms with Crippen molar-refractivity contribution in [2.45, 2.75) is 4.90 Å². The molecule has 0 radical (unpaired) electrons. The number of rotatable bonds is 4. The van der Waals surface area contributed by atoms with E-state index in [1.807, 2.05) is 5.38 Å². The van der Waals surface area contributed by atoms with Crippen LogP contribution in [0.3, 0.4) is 0 Å². The van der Waals surface area contributed by atoms with Crippen molar-refractivity contribution in [1.29, 1.82) is 5.26 Å². The molecule has 0 bridgehead atoms. The highest BCUT2D eigenvalue weighted by atomic mass is 32.2. The lowest BCUT2D eigenvalue weighted by molar-refractivity contribution is 0.546. The van der Waals surface area contributed by atoms with Gasteiger partial charge in [-0.05, 0) is 41.1 Å². The molecule has 5 aromatic rings. The number of hydrogen-bond donors (Lipinski definition) is 0. The minimum absolute atomic E-state index is 0.333. The van der Waals surface area contributed by atoms with E-state index in [1.54, 1.807) is 47.8 Å². The predicted molar refractivity (Wildman–Crippen MR) is 122 cm³/mol.